The Morgan fingerprint density at radius 1 is 1.08 bits per heavy atom. The zero-order chi connectivity index (χ0) is 16.9. The Hall–Kier alpha value is -3.22. The van der Waals surface area contributed by atoms with E-state index in [1.54, 1.807) is 42.5 Å². The molecule has 7 heteroatoms. The van der Waals surface area contributed by atoms with E-state index in [1.165, 1.54) is 5.01 Å². The molecule has 2 N–H and O–H groups in total. The van der Waals surface area contributed by atoms with Crippen molar-refractivity contribution in [2.45, 2.75) is 6.42 Å². The highest BCUT2D eigenvalue weighted by Crippen LogP contribution is 2.32. The van der Waals surface area contributed by atoms with Gasteiger partial charge in [0.25, 0.3) is 0 Å². The summed E-state index contributed by atoms with van der Waals surface area (Å²) in [5.41, 5.74) is 8.44. The average molecular weight is 324 g/mol. The van der Waals surface area contributed by atoms with Gasteiger partial charge in [0.15, 0.2) is 17.3 Å². The third-order valence-corrected chi connectivity index (χ3v) is 3.67. The van der Waals surface area contributed by atoms with E-state index in [2.05, 4.69) is 5.22 Å². The highest BCUT2D eigenvalue weighted by Gasteiger charge is 2.18. The van der Waals surface area contributed by atoms with Crippen molar-refractivity contribution in [3.05, 3.63) is 59.7 Å². The van der Waals surface area contributed by atoms with E-state index in [-0.39, 0.29) is 31.4 Å². The average Bonchev–Trinajstić information content (AvgIpc) is 3.10. The molecule has 0 radical (unpaired) electrons. The van der Waals surface area contributed by atoms with Crippen LogP contribution in [-0.4, -0.2) is 30.0 Å². The van der Waals surface area contributed by atoms with Crippen LogP contribution in [0.3, 0.4) is 0 Å². The van der Waals surface area contributed by atoms with Gasteiger partial charge < -0.3 is 9.47 Å². The van der Waals surface area contributed by atoms with Crippen LogP contribution in [0.1, 0.15) is 22.3 Å². The minimum absolute atomic E-state index is 0.0316. The number of nitrogens with one attached hydrogen (secondary N) is 2. The number of hydrogen-bond donors (Lipinski definition) is 2. The monoisotopic (exact) mass is 324 g/mol. The summed E-state index contributed by atoms with van der Waals surface area (Å²) < 4.78 is 10.5. The van der Waals surface area contributed by atoms with Crippen LogP contribution in [0.5, 0.6) is 11.5 Å². The van der Waals surface area contributed by atoms with Gasteiger partial charge in [-0.1, -0.05) is 35.6 Å². The second-order valence-electron chi connectivity index (χ2n) is 5.18. The van der Waals surface area contributed by atoms with Crippen LogP contribution in [0, 0.1) is 10.9 Å². The summed E-state index contributed by atoms with van der Waals surface area (Å²) in [6.07, 6.45) is 0.166. The summed E-state index contributed by atoms with van der Waals surface area (Å²) in [6, 6.07) is 14.0. The number of Topliss-reactive ketones (excluding diaryl/α,β-unsaturated/α-hetero) is 1. The minimum Gasteiger partial charge on any atom is -0.454 e. The lowest BCUT2D eigenvalue weighted by molar-refractivity contribution is 0.0974. The zero-order valence-corrected chi connectivity index (χ0v) is 12.9. The van der Waals surface area contributed by atoms with Crippen molar-refractivity contribution >= 4 is 11.6 Å². The first kappa shape index (κ1) is 15.7. The number of nitrogens with zero attached hydrogens (tertiary/aromatic N) is 2. The van der Waals surface area contributed by atoms with E-state index in [0.29, 0.717) is 22.6 Å². The SMILES string of the molecule is N=NN(CCC(=O)c1ccccc1)C(=N)c1ccc2c(c1)OCO2. The molecule has 2 aromatic rings. The van der Waals surface area contributed by atoms with Crippen molar-refractivity contribution in [1.82, 2.24) is 5.01 Å². The van der Waals surface area contributed by atoms with Gasteiger partial charge in [0.05, 0.1) is 6.54 Å². The fourth-order valence-electron chi connectivity index (χ4n) is 2.38. The van der Waals surface area contributed by atoms with Gasteiger partial charge in [0, 0.05) is 17.5 Å². The topological polar surface area (TPSA) is 98.8 Å². The first-order valence-corrected chi connectivity index (χ1v) is 7.41. The number of carbonyl (C=O) groups excluding carboxylic acids is 1. The normalized spacial score (nSPS) is 11.8. The number of hydrogen-bond acceptors (Lipinski definition) is 6. The molecule has 0 spiro atoms. The summed E-state index contributed by atoms with van der Waals surface area (Å²) in [5.74, 6) is 1.16. The van der Waals surface area contributed by atoms with Crippen molar-refractivity contribution in [1.29, 1.82) is 10.9 Å². The van der Waals surface area contributed by atoms with Crippen molar-refractivity contribution in [2.75, 3.05) is 13.3 Å². The molecule has 0 saturated carbocycles. The number of ketones is 1. The molecule has 0 saturated heterocycles. The molecule has 0 bridgehead atoms. The summed E-state index contributed by atoms with van der Waals surface area (Å²) in [4.78, 5) is 12.1. The Morgan fingerprint density at radius 2 is 1.83 bits per heavy atom. The van der Waals surface area contributed by atoms with Gasteiger partial charge in [-0.25, -0.2) is 5.01 Å². The van der Waals surface area contributed by atoms with Crippen molar-refractivity contribution < 1.29 is 14.3 Å². The molecule has 0 aromatic heterocycles. The van der Waals surface area contributed by atoms with Gasteiger partial charge in [-0.3, -0.25) is 10.2 Å². The van der Waals surface area contributed by atoms with Gasteiger partial charge in [-0.2, -0.15) is 5.53 Å². The Kier molecular flexibility index (Phi) is 4.51. The van der Waals surface area contributed by atoms with Crippen LogP contribution in [-0.2, 0) is 0 Å². The third kappa shape index (κ3) is 3.24. The van der Waals surface area contributed by atoms with Crippen molar-refractivity contribution in [2.24, 2.45) is 5.22 Å². The smallest absolute Gasteiger partial charge is 0.231 e. The fourth-order valence-corrected chi connectivity index (χ4v) is 2.38. The van der Waals surface area contributed by atoms with Gasteiger partial charge in [0.1, 0.15) is 5.84 Å². The number of fused-ring (bicyclic) bond motifs is 1. The van der Waals surface area contributed by atoms with E-state index in [4.69, 9.17) is 20.4 Å². The summed E-state index contributed by atoms with van der Waals surface area (Å²) >= 11 is 0. The van der Waals surface area contributed by atoms with Crippen molar-refractivity contribution in [3.63, 3.8) is 0 Å². The fraction of sp³-hybridized carbons (Fsp3) is 0.176. The van der Waals surface area contributed by atoms with Crippen LogP contribution in [0.25, 0.3) is 0 Å². The first-order valence-electron chi connectivity index (χ1n) is 7.41. The van der Waals surface area contributed by atoms with Crippen LogP contribution < -0.4 is 9.47 Å². The lowest BCUT2D eigenvalue weighted by atomic mass is 10.1. The lowest BCUT2D eigenvalue weighted by Gasteiger charge is -2.17. The maximum absolute atomic E-state index is 12.1. The lowest BCUT2D eigenvalue weighted by Crippen LogP contribution is -2.27. The summed E-state index contributed by atoms with van der Waals surface area (Å²) in [5, 5.41) is 12.7. The molecule has 24 heavy (non-hydrogen) atoms. The molecule has 0 atom stereocenters. The van der Waals surface area contributed by atoms with Gasteiger partial charge in [-0.05, 0) is 18.2 Å². The molecule has 1 heterocycles. The standard InChI is InChI=1S/C17H16N4O3/c18-17(13-6-7-15-16(10-13)24-11-23-15)21(20-19)9-8-14(22)12-4-2-1-3-5-12/h1-7,10,18-19H,8-9,11H2. The molecule has 1 aliphatic heterocycles. The molecule has 7 nitrogen and oxygen atoms in total. The Labute approximate surface area is 138 Å². The van der Waals surface area contributed by atoms with Crippen LogP contribution in [0.4, 0.5) is 0 Å². The van der Waals surface area contributed by atoms with E-state index in [0.717, 1.165) is 0 Å². The van der Waals surface area contributed by atoms with E-state index in [9.17, 15) is 4.79 Å². The predicted octanol–water partition coefficient (Wildman–Crippen LogP) is 3.26. The number of carbonyl (C=O) groups is 1. The largest absolute Gasteiger partial charge is 0.454 e. The number of ether oxygens (including phenoxy) is 2. The second-order valence-corrected chi connectivity index (χ2v) is 5.18. The molecule has 1 aliphatic rings. The predicted molar refractivity (Wildman–Crippen MR) is 86.6 cm³/mol. The molecular weight excluding hydrogens is 308 g/mol. The number of benzene rings is 2. The van der Waals surface area contributed by atoms with Gasteiger partial charge in [-0.15, -0.1) is 0 Å². The molecular formula is C17H16N4O3. The number of amidine groups is 1. The van der Waals surface area contributed by atoms with Crippen LogP contribution in [0.2, 0.25) is 0 Å². The highest BCUT2D eigenvalue weighted by molar-refractivity contribution is 5.98. The summed E-state index contributed by atoms with van der Waals surface area (Å²) in [6.45, 7) is 0.314. The highest BCUT2D eigenvalue weighted by atomic mass is 16.7. The Morgan fingerprint density at radius 3 is 2.58 bits per heavy atom. The first-order chi connectivity index (χ1) is 11.7. The molecule has 0 unspecified atom stereocenters. The van der Waals surface area contributed by atoms with Crippen LogP contribution in [0.15, 0.2) is 53.8 Å². The Bertz CT molecular complexity index is 777. The third-order valence-electron chi connectivity index (χ3n) is 3.67. The van der Waals surface area contributed by atoms with Gasteiger partial charge >= 0.3 is 0 Å². The van der Waals surface area contributed by atoms with Gasteiger partial charge in [0.2, 0.25) is 6.79 Å². The molecule has 0 aliphatic carbocycles. The van der Waals surface area contributed by atoms with E-state index >= 15 is 0 Å². The van der Waals surface area contributed by atoms with E-state index in [1.807, 2.05) is 6.07 Å². The van der Waals surface area contributed by atoms with E-state index < -0.39 is 0 Å². The Balaban J connectivity index is 1.66. The maximum Gasteiger partial charge on any atom is 0.231 e. The second kappa shape index (κ2) is 6.91. The molecule has 0 fully saturated rings. The van der Waals surface area contributed by atoms with Crippen LogP contribution >= 0.6 is 0 Å². The number of rotatable bonds is 6. The zero-order valence-electron chi connectivity index (χ0n) is 12.9. The molecule has 122 valence electrons. The van der Waals surface area contributed by atoms with Crippen molar-refractivity contribution in [3.8, 4) is 11.5 Å². The molecule has 2 aromatic carbocycles. The maximum atomic E-state index is 12.1. The molecule has 3 rings (SSSR count). The quantitative estimate of drug-likeness (QED) is 0.280. The molecule has 0 amide bonds. The summed E-state index contributed by atoms with van der Waals surface area (Å²) in [7, 11) is 0. The minimum atomic E-state index is -0.0530.